The van der Waals surface area contributed by atoms with E-state index in [1.54, 1.807) is 11.3 Å². The van der Waals surface area contributed by atoms with Gasteiger partial charge < -0.3 is 5.11 Å². The first-order valence-electron chi connectivity index (χ1n) is 4.75. The number of carbonyl (C=O) groups is 1. The van der Waals surface area contributed by atoms with Gasteiger partial charge in [0, 0.05) is 13.1 Å². The van der Waals surface area contributed by atoms with E-state index in [2.05, 4.69) is 22.6 Å². The highest BCUT2D eigenvalue weighted by Gasteiger charge is 1.89. The number of hydrogen-bond acceptors (Lipinski definition) is 5. The van der Waals surface area contributed by atoms with Crippen molar-refractivity contribution in [3.63, 3.8) is 0 Å². The van der Waals surface area contributed by atoms with Crippen molar-refractivity contribution in [2.45, 2.75) is 0 Å². The molecule has 94 valence electrons. The number of aliphatic imine (C=N–C) groups is 1. The molecule has 1 heterocycles. The Bertz CT molecular complexity index is 515. The van der Waals surface area contributed by atoms with Crippen LogP contribution in [-0.4, -0.2) is 29.2 Å². The van der Waals surface area contributed by atoms with Gasteiger partial charge in [-0.1, -0.05) is 18.7 Å². The third kappa shape index (κ3) is 7.05. The number of isocyanates is 1. The van der Waals surface area contributed by atoms with Crippen molar-refractivity contribution in [3.8, 4) is 0 Å². The number of rotatable bonds is 1. The summed E-state index contributed by atoms with van der Waals surface area (Å²) in [6.45, 7) is 2.96. The molecule has 2 rings (SSSR count). The largest absolute Gasteiger partial charge is 0.478 e. The Morgan fingerprint density at radius 2 is 2.11 bits per heavy atom. The molecule has 0 aliphatic carbocycles. The molecule has 0 saturated carbocycles. The zero-order valence-electron chi connectivity index (χ0n) is 9.74. The van der Waals surface area contributed by atoms with Crippen molar-refractivity contribution in [2.75, 3.05) is 7.05 Å². The fraction of sp³-hybridized carbons (Fsp3) is 0.0833. The van der Waals surface area contributed by atoms with Crippen molar-refractivity contribution >= 4 is 33.6 Å². The maximum atomic E-state index is 9.25. The van der Waals surface area contributed by atoms with Crippen LogP contribution in [0.5, 0.6) is 0 Å². The minimum absolute atomic E-state index is 0.833. The Morgan fingerprint density at radius 3 is 2.56 bits per heavy atom. The van der Waals surface area contributed by atoms with Crippen LogP contribution in [0.25, 0.3) is 10.2 Å². The zero-order chi connectivity index (χ0) is 13.8. The predicted molar refractivity (Wildman–Crippen MR) is 71.5 cm³/mol. The van der Waals surface area contributed by atoms with Gasteiger partial charge in [-0.3, -0.25) is 0 Å². The first kappa shape index (κ1) is 15.7. The molecule has 1 aromatic carbocycles. The van der Waals surface area contributed by atoms with Crippen LogP contribution in [0, 0.1) is 0 Å². The molecule has 0 aliphatic heterocycles. The van der Waals surface area contributed by atoms with Crippen molar-refractivity contribution in [2.24, 2.45) is 4.99 Å². The monoisotopic (exact) mass is 264 g/mol. The van der Waals surface area contributed by atoms with Crippen LogP contribution in [0.15, 0.2) is 47.4 Å². The Labute approximate surface area is 108 Å². The lowest BCUT2D eigenvalue weighted by atomic mass is 10.3. The van der Waals surface area contributed by atoms with E-state index in [-0.39, 0.29) is 0 Å². The smallest absolute Gasteiger partial charge is 0.327 e. The van der Waals surface area contributed by atoms with Crippen LogP contribution in [0.3, 0.4) is 0 Å². The first-order valence-corrected chi connectivity index (χ1v) is 5.63. The van der Waals surface area contributed by atoms with E-state index in [4.69, 9.17) is 9.90 Å². The molecule has 0 unspecified atom stereocenters. The second-order valence-corrected chi connectivity index (χ2v) is 3.56. The number of fused-ring (bicyclic) bond motifs is 1. The summed E-state index contributed by atoms with van der Waals surface area (Å²) in [5.41, 5.74) is 2.97. The number of carboxylic acids is 1. The molecular weight excluding hydrogens is 252 g/mol. The number of para-hydroxylation sites is 1. The molecule has 0 spiro atoms. The average Bonchev–Trinajstić information content (AvgIpc) is 2.88. The normalized spacial score (nSPS) is 7.83. The number of aromatic nitrogens is 1. The van der Waals surface area contributed by atoms with Gasteiger partial charge in [-0.15, -0.1) is 11.3 Å². The third-order valence-electron chi connectivity index (χ3n) is 1.50. The molecule has 0 saturated heterocycles. The van der Waals surface area contributed by atoms with Gasteiger partial charge in [0.05, 0.1) is 15.7 Å². The van der Waals surface area contributed by atoms with E-state index in [0.29, 0.717) is 0 Å². The van der Waals surface area contributed by atoms with Gasteiger partial charge in [-0.05, 0) is 12.1 Å². The summed E-state index contributed by atoms with van der Waals surface area (Å²) < 4.78 is 1.26. The predicted octanol–water partition coefficient (Wildman–Crippen LogP) is 2.51. The Hall–Kier alpha value is -2.30. The second-order valence-electron chi connectivity index (χ2n) is 2.68. The maximum Gasteiger partial charge on any atom is 0.327 e. The van der Waals surface area contributed by atoms with E-state index in [1.807, 2.05) is 23.7 Å². The minimum Gasteiger partial charge on any atom is -0.478 e. The van der Waals surface area contributed by atoms with Gasteiger partial charge in [0.2, 0.25) is 6.08 Å². The standard InChI is InChI=1S/C7H5NS.C3H4O2.C2H3NO/c1-2-4-7-6(3-1)8-5-9-7;1-2-3(4)5;1-3-2-4/h1-5H;2H,1H2,(H,4,5);1H3. The second kappa shape index (κ2) is 9.89. The molecular formula is C12H12N2O3S. The lowest BCUT2D eigenvalue weighted by Gasteiger charge is -1.80. The molecule has 0 aliphatic rings. The van der Waals surface area contributed by atoms with Gasteiger partial charge >= 0.3 is 5.97 Å². The quantitative estimate of drug-likeness (QED) is 0.487. The third-order valence-corrected chi connectivity index (χ3v) is 2.31. The molecule has 0 bridgehead atoms. The molecule has 6 heteroatoms. The fourth-order valence-corrected chi connectivity index (χ4v) is 1.48. The molecule has 0 amide bonds. The summed E-state index contributed by atoms with van der Waals surface area (Å²) >= 11 is 1.68. The summed E-state index contributed by atoms with van der Waals surface area (Å²) in [5.74, 6) is -0.981. The number of carboxylic acid groups (broad SMARTS) is 1. The summed E-state index contributed by atoms with van der Waals surface area (Å²) in [6.07, 6.45) is 2.14. The maximum absolute atomic E-state index is 9.25. The van der Waals surface area contributed by atoms with E-state index in [9.17, 15) is 4.79 Å². The average molecular weight is 264 g/mol. The van der Waals surface area contributed by atoms with E-state index >= 15 is 0 Å². The minimum atomic E-state index is -0.981. The van der Waals surface area contributed by atoms with Crippen LogP contribution in [0.4, 0.5) is 0 Å². The topological polar surface area (TPSA) is 79.6 Å². The molecule has 1 aromatic heterocycles. The van der Waals surface area contributed by atoms with Crippen LogP contribution < -0.4 is 0 Å². The number of benzene rings is 1. The summed E-state index contributed by atoms with van der Waals surface area (Å²) in [4.78, 5) is 25.2. The SMILES string of the molecule is C=CC(=O)O.CN=C=O.c1ccc2scnc2c1. The molecule has 0 fully saturated rings. The van der Waals surface area contributed by atoms with E-state index < -0.39 is 5.97 Å². The highest BCUT2D eigenvalue weighted by Crippen LogP contribution is 2.15. The molecule has 1 N–H and O–H groups in total. The molecule has 5 nitrogen and oxygen atoms in total. The number of aliphatic carboxylic acids is 1. The van der Waals surface area contributed by atoms with Crippen LogP contribution in [-0.2, 0) is 9.59 Å². The van der Waals surface area contributed by atoms with Crippen LogP contribution in [0.2, 0.25) is 0 Å². The Kier molecular flexibility index (Phi) is 8.63. The van der Waals surface area contributed by atoms with Crippen molar-refractivity contribution in [1.82, 2.24) is 4.98 Å². The molecule has 0 radical (unpaired) electrons. The number of nitrogens with zero attached hydrogens (tertiary/aromatic N) is 2. The van der Waals surface area contributed by atoms with Gasteiger partial charge in [-0.25, -0.2) is 19.6 Å². The van der Waals surface area contributed by atoms with Gasteiger partial charge in [0.15, 0.2) is 0 Å². The zero-order valence-corrected chi connectivity index (χ0v) is 10.6. The van der Waals surface area contributed by atoms with E-state index in [0.717, 1.165) is 11.6 Å². The van der Waals surface area contributed by atoms with Crippen molar-refractivity contribution < 1.29 is 14.7 Å². The Morgan fingerprint density at radius 1 is 1.56 bits per heavy atom. The van der Waals surface area contributed by atoms with Crippen molar-refractivity contribution in [3.05, 3.63) is 42.4 Å². The number of hydrogen-bond donors (Lipinski definition) is 1. The van der Waals surface area contributed by atoms with E-state index in [1.165, 1.54) is 17.8 Å². The fourth-order valence-electron chi connectivity index (χ4n) is 0.803. The number of thiazole rings is 1. The summed E-state index contributed by atoms with van der Waals surface area (Å²) in [6, 6.07) is 8.13. The van der Waals surface area contributed by atoms with Crippen molar-refractivity contribution in [1.29, 1.82) is 0 Å². The lowest BCUT2D eigenvalue weighted by Crippen LogP contribution is -1.82. The molecule has 2 aromatic rings. The van der Waals surface area contributed by atoms with Gasteiger partial charge in [0.1, 0.15) is 0 Å². The Balaban J connectivity index is 0.000000278. The highest BCUT2D eigenvalue weighted by molar-refractivity contribution is 7.16. The van der Waals surface area contributed by atoms with Gasteiger partial charge in [0.25, 0.3) is 0 Å². The summed E-state index contributed by atoms with van der Waals surface area (Å²) in [7, 11) is 1.38. The lowest BCUT2D eigenvalue weighted by molar-refractivity contribution is -0.131. The summed E-state index contributed by atoms with van der Waals surface area (Å²) in [5, 5.41) is 7.60. The number of carbonyl (C=O) groups excluding carboxylic acids is 1. The van der Waals surface area contributed by atoms with Gasteiger partial charge in [-0.2, -0.15) is 0 Å². The highest BCUT2D eigenvalue weighted by atomic mass is 32.1. The van der Waals surface area contributed by atoms with Crippen LogP contribution >= 0.6 is 11.3 Å². The first-order chi connectivity index (χ1) is 8.65. The van der Waals surface area contributed by atoms with Crippen LogP contribution in [0.1, 0.15) is 0 Å². The molecule has 18 heavy (non-hydrogen) atoms. The molecule has 0 atom stereocenters.